The predicted octanol–water partition coefficient (Wildman–Crippen LogP) is 1.68. The van der Waals surface area contributed by atoms with Crippen molar-refractivity contribution in [2.24, 2.45) is 5.73 Å². The lowest BCUT2D eigenvalue weighted by atomic mass is 9.93. The number of hydrogen-bond acceptors (Lipinski definition) is 2. The second-order valence-electron chi connectivity index (χ2n) is 3.54. The Labute approximate surface area is 81.7 Å². The Hall–Kier alpha value is 0.210. The molecule has 1 atom stereocenters. The SMILES string of the molecule is CCC(N)CCNC1CCC1.Cl. The summed E-state index contributed by atoms with van der Waals surface area (Å²) in [6, 6.07) is 1.22. The van der Waals surface area contributed by atoms with Crippen molar-refractivity contribution in [3.63, 3.8) is 0 Å². The molecule has 0 spiro atoms. The highest BCUT2D eigenvalue weighted by atomic mass is 35.5. The van der Waals surface area contributed by atoms with Gasteiger partial charge in [0.05, 0.1) is 0 Å². The van der Waals surface area contributed by atoms with E-state index >= 15 is 0 Å². The van der Waals surface area contributed by atoms with Crippen LogP contribution in [0.25, 0.3) is 0 Å². The van der Waals surface area contributed by atoms with Crippen molar-refractivity contribution >= 4 is 12.4 Å². The van der Waals surface area contributed by atoms with E-state index in [4.69, 9.17) is 5.73 Å². The van der Waals surface area contributed by atoms with E-state index in [9.17, 15) is 0 Å². The second-order valence-corrected chi connectivity index (χ2v) is 3.54. The van der Waals surface area contributed by atoms with Crippen LogP contribution in [0.1, 0.15) is 39.0 Å². The average Bonchev–Trinajstić information content (AvgIpc) is 1.94. The van der Waals surface area contributed by atoms with Crippen LogP contribution in [0.3, 0.4) is 0 Å². The number of hydrogen-bond donors (Lipinski definition) is 2. The molecule has 0 aromatic carbocycles. The van der Waals surface area contributed by atoms with Crippen LogP contribution < -0.4 is 11.1 Å². The van der Waals surface area contributed by atoms with Crippen molar-refractivity contribution in [2.75, 3.05) is 6.54 Å². The molecule has 1 rings (SSSR count). The largest absolute Gasteiger partial charge is 0.328 e. The summed E-state index contributed by atoms with van der Waals surface area (Å²) < 4.78 is 0. The molecule has 2 nitrogen and oxygen atoms in total. The highest BCUT2D eigenvalue weighted by molar-refractivity contribution is 5.85. The lowest BCUT2D eigenvalue weighted by Crippen LogP contribution is -2.37. The highest BCUT2D eigenvalue weighted by Crippen LogP contribution is 2.17. The van der Waals surface area contributed by atoms with Crippen molar-refractivity contribution in [3.8, 4) is 0 Å². The number of halogens is 1. The zero-order valence-corrected chi connectivity index (χ0v) is 8.70. The lowest BCUT2D eigenvalue weighted by Gasteiger charge is -2.27. The van der Waals surface area contributed by atoms with E-state index in [1.54, 1.807) is 0 Å². The van der Waals surface area contributed by atoms with Gasteiger partial charge in [-0.2, -0.15) is 0 Å². The minimum absolute atomic E-state index is 0. The molecule has 0 amide bonds. The van der Waals surface area contributed by atoms with Gasteiger partial charge in [-0.25, -0.2) is 0 Å². The van der Waals surface area contributed by atoms with Crippen LogP contribution in [0, 0.1) is 0 Å². The van der Waals surface area contributed by atoms with Crippen molar-refractivity contribution in [2.45, 2.75) is 51.1 Å². The Bertz CT molecular complexity index is 99.9. The van der Waals surface area contributed by atoms with E-state index < -0.39 is 0 Å². The van der Waals surface area contributed by atoms with Crippen LogP contribution in [0.15, 0.2) is 0 Å². The van der Waals surface area contributed by atoms with Gasteiger partial charge in [0.2, 0.25) is 0 Å². The van der Waals surface area contributed by atoms with Gasteiger partial charge in [-0.3, -0.25) is 0 Å². The van der Waals surface area contributed by atoms with Crippen LogP contribution in [0.5, 0.6) is 0 Å². The van der Waals surface area contributed by atoms with Gasteiger partial charge in [-0.15, -0.1) is 12.4 Å². The van der Waals surface area contributed by atoms with Gasteiger partial charge in [0.15, 0.2) is 0 Å². The maximum atomic E-state index is 5.78. The standard InChI is InChI=1S/C9H20N2.ClH/c1-2-8(10)6-7-11-9-4-3-5-9;/h8-9,11H,2-7,10H2,1H3;1H. The van der Waals surface area contributed by atoms with E-state index in [0.29, 0.717) is 6.04 Å². The molecule has 1 unspecified atom stereocenters. The highest BCUT2D eigenvalue weighted by Gasteiger charge is 2.15. The molecule has 12 heavy (non-hydrogen) atoms. The molecule has 0 saturated heterocycles. The molecule has 0 heterocycles. The third-order valence-electron chi connectivity index (χ3n) is 2.58. The van der Waals surface area contributed by atoms with E-state index in [0.717, 1.165) is 25.4 Å². The van der Waals surface area contributed by atoms with Crippen molar-refractivity contribution < 1.29 is 0 Å². The van der Waals surface area contributed by atoms with Crippen molar-refractivity contribution in [1.29, 1.82) is 0 Å². The average molecular weight is 193 g/mol. The Morgan fingerprint density at radius 1 is 1.50 bits per heavy atom. The van der Waals surface area contributed by atoms with E-state index in [2.05, 4.69) is 12.2 Å². The van der Waals surface area contributed by atoms with Crippen LogP contribution >= 0.6 is 12.4 Å². The molecule has 0 bridgehead atoms. The van der Waals surface area contributed by atoms with Gasteiger partial charge in [-0.1, -0.05) is 13.3 Å². The molecule has 1 fully saturated rings. The van der Waals surface area contributed by atoms with Gasteiger partial charge in [0, 0.05) is 12.1 Å². The normalized spacial score (nSPS) is 19.5. The fraction of sp³-hybridized carbons (Fsp3) is 1.00. The van der Waals surface area contributed by atoms with E-state index in [1.807, 2.05) is 0 Å². The molecule has 0 radical (unpaired) electrons. The quantitative estimate of drug-likeness (QED) is 0.696. The fourth-order valence-electron chi connectivity index (χ4n) is 1.29. The zero-order valence-electron chi connectivity index (χ0n) is 7.88. The minimum atomic E-state index is 0. The molecule has 1 aliphatic carbocycles. The van der Waals surface area contributed by atoms with Gasteiger partial charge in [0.25, 0.3) is 0 Å². The first-order valence-corrected chi connectivity index (χ1v) is 4.82. The van der Waals surface area contributed by atoms with Crippen LogP contribution in [-0.2, 0) is 0 Å². The molecule has 0 aromatic rings. The van der Waals surface area contributed by atoms with Gasteiger partial charge >= 0.3 is 0 Å². The number of rotatable bonds is 5. The van der Waals surface area contributed by atoms with Crippen LogP contribution in [-0.4, -0.2) is 18.6 Å². The van der Waals surface area contributed by atoms with Gasteiger partial charge in [-0.05, 0) is 32.2 Å². The predicted molar refractivity (Wildman–Crippen MR) is 55.8 cm³/mol. The van der Waals surface area contributed by atoms with Crippen LogP contribution in [0.2, 0.25) is 0 Å². The molecule has 1 aliphatic rings. The number of nitrogens with two attached hydrogens (primary N) is 1. The van der Waals surface area contributed by atoms with Gasteiger partial charge < -0.3 is 11.1 Å². The molecule has 74 valence electrons. The molecule has 3 heteroatoms. The van der Waals surface area contributed by atoms with Crippen molar-refractivity contribution in [3.05, 3.63) is 0 Å². The molecule has 3 N–H and O–H groups in total. The molecule has 0 aliphatic heterocycles. The third-order valence-corrected chi connectivity index (χ3v) is 2.58. The molecule has 1 saturated carbocycles. The molecular weight excluding hydrogens is 172 g/mol. The lowest BCUT2D eigenvalue weighted by molar-refractivity contribution is 0.334. The smallest absolute Gasteiger partial charge is 0.00670 e. The van der Waals surface area contributed by atoms with E-state index in [1.165, 1.54) is 19.3 Å². The first-order chi connectivity index (χ1) is 5.33. The number of nitrogens with one attached hydrogen (secondary N) is 1. The summed E-state index contributed by atoms with van der Waals surface area (Å²) in [6.07, 6.45) is 6.40. The summed E-state index contributed by atoms with van der Waals surface area (Å²) >= 11 is 0. The minimum Gasteiger partial charge on any atom is -0.328 e. The third kappa shape index (κ3) is 4.29. The molecular formula is C9H21ClN2. The summed E-state index contributed by atoms with van der Waals surface area (Å²) in [5.41, 5.74) is 5.78. The first-order valence-electron chi connectivity index (χ1n) is 4.82. The Kier molecular flexibility index (Phi) is 6.81. The maximum absolute atomic E-state index is 5.78. The summed E-state index contributed by atoms with van der Waals surface area (Å²) in [4.78, 5) is 0. The monoisotopic (exact) mass is 192 g/mol. The topological polar surface area (TPSA) is 38.0 Å². The zero-order chi connectivity index (χ0) is 8.10. The van der Waals surface area contributed by atoms with Gasteiger partial charge in [0.1, 0.15) is 0 Å². The van der Waals surface area contributed by atoms with E-state index in [-0.39, 0.29) is 12.4 Å². The first kappa shape index (κ1) is 12.2. The Balaban J connectivity index is 0.00000121. The Morgan fingerprint density at radius 3 is 2.58 bits per heavy atom. The second kappa shape index (κ2) is 6.70. The Morgan fingerprint density at radius 2 is 2.17 bits per heavy atom. The maximum Gasteiger partial charge on any atom is 0.00670 e. The van der Waals surface area contributed by atoms with Crippen LogP contribution in [0.4, 0.5) is 0 Å². The van der Waals surface area contributed by atoms with Crippen molar-refractivity contribution in [1.82, 2.24) is 5.32 Å². The summed E-state index contributed by atoms with van der Waals surface area (Å²) in [6.45, 7) is 3.26. The summed E-state index contributed by atoms with van der Waals surface area (Å²) in [5, 5.41) is 3.50. The fourth-order valence-corrected chi connectivity index (χ4v) is 1.29. The summed E-state index contributed by atoms with van der Waals surface area (Å²) in [7, 11) is 0. The summed E-state index contributed by atoms with van der Waals surface area (Å²) in [5.74, 6) is 0. The molecule has 0 aromatic heterocycles.